The average Bonchev–Trinajstić information content (AvgIpc) is 3.06. The molecule has 23 heavy (non-hydrogen) atoms. The van der Waals surface area contributed by atoms with E-state index in [-0.39, 0.29) is 5.91 Å². The van der Waals surface area contributed by atoms with Crippen LogP contribution in [0.4, 0.5) is 5.69 Å². The Morgan fingerprint density at radius 1 is 1.26 bits per heavy atom. The quantitative estimate of drug-likeness (QED) is 0.805. The summed E-state index contributed by atoms with van der Waals surface area (Å²) in [4.78, 5) is 16.5. The topological polar surface area (TPSA) is 64.7 Å². The van der Waals surface area contributed by atoms with Crippen molar-refractivity contribution in [3.63, 3.8) is 0 Å². The summed E-state index contributed by atoms with van der Waals surface area (Å²) >= 11 is 0. The summed E-state index contributed by atoms with van der Waals surface area (Å²) in [5.74, 6) is -0.118. The van der Waals surface area contributed by atoms with Crippen LogP contribution in [0, 0.1) is 13.8 Å². The smallest absolute Gasteiger partial charge is 0.257 e. The molecule has 1 amide bonds. The van der Waals surface area contributed by atoms with E-state index < -0.39 is 0 Å². The van der Waals surface area contributed by atoms with E-state index in [0.717, 1.165) is 23.5 Å². The molecule has 6 heteroatoms. The largest absolute Gasteiger partial charge is 0.344 e. The third-order valence-corrected chi connectivity index (χ3v) is 3.87. The molecular formula is C17H19N5O. The first-order valence-electron chi connectivity index (χ1n) is 7.40. The summed E-state index contributed by atoms with van der Waals surface area (Å²) in [6, 6.07) is 5.88. The molecule has 0 aromatic carbocycles. The van der Waals surface area contributed by atoms with Crippen LogP contribution >= 0.6 is 0 Å². The Hall–Kier alpha value is -2.89. The zero-order valence-corrected chi connectivity index (χ0v) is 13.4. The van der Waals surface area contributed by atoms with Crippen molar-refractivity contribution in [3.05, 3.63) is 65.5 Å². The normalized spacial score (nSPS) is 10.7. The predicted octanol–water partition coefficient (Wildman–Crippen LogP) is 2.53. The van der Waals surface area contributed by atoms with Crippen LogP contribution in [0.5, 0.6) is 0 Å². The molecule has 3 heterocycles. The van der Waals surface area contributed by atoms with Gasteiger partial charge in [-0.2, -0.15) is 5.10 Å². The van der Waals surface area contributed by atoms with Crippen LogP contribution in [-0.4, -0.2) is 25.2 Å². The molecule has 3 aromatic heterocycles. The molecule has 0 bridgehead atoms. The Bertz CT molecular complexity index is 832. The lowest BCUT2D eigenvalue weighted by atomic mass is 10.2. The van der Waals surface area contributed by atoms with E-state index in [1.54, 1.807) is 29.5 Å². The highest BCUT2D eigenvalue weighted by atomic mass is 16.1. The molecular weight excluding hydrogens is 290 g/mol. The van der Waals surface area contributed by atoms with Crippen LogP contribution in [0.2, 0.25) is 0 Å². The molecule has 6 nitrogen and oxygen atoms in total. The van der Waals surface area contributed by atoms with Crippen molar-refractivity contribution in [2.24, 2.45) is 7.05 Å². The average molecular weight is 309 g/mol. The van der Waals surface area contributed by atoms with Crippen molar-refractivity contribution < 1.29 is 4.79 Å². The Kier molecular flexibility index (Phi) is 3.97. The molecule has 0 fully saturated rings. The van der Waals surface area contributed by atoms with Crippen molar-refractivity contribution in [1.29, 1.82) is 0 Å². The summed E-state index contributed by atoms with van der Waals surface area (Å²) in [7, 11) is 1.82. The number of aromatic nitrogens is 4. The third-order valence-electron chi connectivity index (χ3n) is 3.87. The number of nitrogens with one attached hydrogen (secondary N) is 1. The molecule has 0 aliphatic carbocycles. The van der Waals surface area contributed by atoms with Gasteiger partial charge in [0, 0.05) is 43.6 Å². The van der Waals surface area contributed by atoms with Gasteiger partial charge in [0.25, 0.3) is 5.91 Å². The van der Waals surface area contributed by atoms with Gasteiger partial charge in [-0.1, -0.05) is 0 Å². The highest BCUT2D eigenvalue weighted by molar-refractivity contribution is 6.05. The van der Waals surface area contributed by atoms with Crippen molar-refractivity contribution in [1.82, 2.24) is 19.3 Å². The molecule has 0 saturated heterocycles. The van der Waals surface area contributed by atoms with Crippen molar-refractivity contribution >= 4 is 11.6 Å². The lowest BCUT2D eigenvalue weighted by Gasteiger charge is -2.10. The van der Waals surface area contributed by atoms with E-state index in [4.69, 9.17) is 0 Å². The maximum atomic E-state index is 12.5. The second-order valence-corrected chi connectivity index (χ2v) is 5.58. The van der Waals surface area contributed by atoms with Gasteiger partial charge in [0.2, 0.25) is 0 Å². The Morgan fingerprint density at radius 2 is 2.00 bits per heavy atom. The molecule has 0 atom stereocenters. The minimum Gasteiger partial charge on any atom is -0.344 e. The number of carbonyl (C=O) groups excluding carboxylic acids is 1. The monoisotopic (exact) mass is 309 g/mol. The van der Waals surface area contributed by atoms with E-state index in [9.17, 15) is 4.79 Å². The Morgan fingerprint density at radius 3 is 2.65 bits per heavy atom. The first-order chi connectivity index (χ1) is 11.0. The van der Waals surface area contributed by atoms with E-state index in [1.807, 2.05) is 39.1 Å². The van der Waals surface area contributed by atoms with Crippen LogP contribution in [0.3, 0.4) is 0 Å². The van der Waals surface area contributed by atoms with Gasteiger partial charge in [-0.05, 0) is 37.6 Å². The minimum absolute atomic E-state index is 0.118. The van der Waals surface area contributed by atoms with Crippen LogP contribution in [0.15, 0.2) is 43.0 Å². The lowest BCUT2D eigenvalue weighted by molar-refractivity contribution is 0.102. The van der Waals surface area contributed by atoms with Crippen LogP contribution in [-0.2, 0) is 13.6 Å². The summed E-state index contributed by atoms with van der Waals surface area (Å²) in [6.45, 7) is 4.70. The van der Waals surface area contributed by atoms with Crippen molar-refractivity contribution in [2.45, 2.75) is 20.4 Å². The highest BCUT2D eigenvalue weighted by Gasteiger charge is 2.16. The Balaban J connectivity index is 1.83. The number of anilines is 1. The zero-order chi connectivity index (χ0) is 16.4. The number of pyridine rings is 1. The summed E-state index contributed by atoms with van der Waals surface area (Å²) in [6.07, 6.45) is 6.96. The zero-order valence-electron chi connectivity index (χ0n) is 13.4. The molecule has 1 N–H and O–H groups in total. The predicted molar refractivity (Wildman–Crippen MR) is 88.4 cm³/mol. The van der Waals surface area contributed by atoms with Gasteiger partial charge in [0.15, 0.2) is 0 Å². The van der Waals surface area contributed by atoms with Gasteiger partial charge < -0.3 is 9.88 Å². The lowest BCUT2D eigenvalue weighted by Crippen LogP contribution is -2.13. The molecule has 118 valence electrons. The number of aryl methyl sites for hydroxylation is 2. The van der Waals surface area contributed by atoms with Gasteiger partial charge in [-0.3, -0.25) is 14.5 Å². The van der Waals surface area contributed by atoms with Gasteiger partial charge in [0.1, 0.15) is 0 Å². The summed E-state index contributed by atoms with van der Waals surface area (Å²) < 4.78 is 3.79. The van der Waals surface area contributed by atoms with Crippen LogP contribution in [0.25, 0.3) is 0 Å². The van der Waals surface area contributed by atoms with Crippen LogP contribution < -0.4 is 5.32 Å². The fourth-order valence-electron chi connectivity index (χ4n) is 2.63. The number of carbonyl (C=O) groups is 1. The standard InChI is InChI=1S/C17H19N5O/c1-12-8-16(17(23)20-15-9-19-21(3)11-15)13(2)22(12)10-14-4-6-18-7-5-14/h4-9,11H,10H2,1-3H3,(H,20,23). The SMILES string of the molecule is Cc1cc(C(=O)Nc2cnn(C)c2)c(C)n1Cc1ccncc1. The minimum atomic E-state index is -0.118. The number of amides is 1. The van der Waals surface area contributed by atoms with Gasteiger partial charge >= 0.3 is 0 Å². The second-order valence-electron chi connectivity index (χ2n) is 5.58. The fraction of sp³-hybridized carbons (Fsp3) is 0.235. The summed E-state index contributed by atoms with van der Waals surface area (Å²) in [5, 5.41) is 6.93. The third kappa shape index (κ3) is 3.15. The maximum Gasteiger partial charge on any atom is 0.257 e. The molecule has 3 rings (SSSR count). The number of nitrogens with zero attached hydrogens (tertiary/aromatic N) is 4. The molecule has 0 radical (unpaired) electrons. The van der Waals surface area contributed by atoms with E-state index >= 15 is 0 Å². The molecule has 0 saturated carbocycles. The van der Waals surface area contributed by atoms with Crippen molar-refractivity contribution in [3.8, 4) is 0 Å². The first kappa shape index (κ1) is 15.0. The van der Waals surface area contributed by atoms with Gasteiger partial charge in [0.05, 0.1) is 17.4 Å². The van der Waals surface area contributed by atoms with E-state index in [2.05, 4.69) is 20.0 Å². The van der Waals surface area contributed by atoms with Gasteiger partial charge in [-0.25, -0.2) is 0 Å². The summed E-state index contributed by atoms with van der Waals surface area (Å²) in [5.41, 5.74) is 4.52. The highest BCUT2D eigenvalue weighted by Crippen LogP contribution is 2.18. The second kappa shape index (κ2) is 6.08. The van der Waals surface area contributed by atoms with E-state index in [1.165, 1.54) is 0 Å². The molecule has 0 aliphatic heterocycles. The number of rotatable bonds is 4. The Labute approximate surface area is 134 Å². The maximum absolute atomic E-state index is 12.5. The van der Waals surface area contributed by atoms with Crippen LogP contribution in [0.1, 0.15) is 27.3 Å². The molecule has 0 spiro atoms. The molecule has 0 aliphatic rings. The molecule has 0 unspecified atom stereocenters. The van der Waals surface area contributed by atoms with Crippen molar-refractivity contribution in [2.75, 3.05) is 5.32 Å². The molecule has 3 aromatic rings. The fourth-order valence-corrected chi connectivity index (χ4v) is 2.63. The number of hydrogen-bond acceptors (Lipinski definition) is 3. The van der Waals surface area contributed by atoms with E-state index in [0.29, 0.717) is 11.3 Å². The first-order valence-corrected chi connectivity index (χ1v) is 7.40. The van der Waals surface area contributed by atoms with Gasteiger partial charge in [-0.15, -0.1) is 0 Å². The number of hydrogen-bond donors (Lipinski definition) is 1.